The Morgan fingerprint density at radius 2 is 1.85 bits per heavy atom. The Morgan fingerprint density at radius 1 is 1.08 bits per heavy atom. The van der Waals surface area contributed by atoms with Gasteiger partial charge in [-0.05, 0) is 38.5 Å². The zero-order valence-corrected chi connectivity index (χ0v) is 15.4. The summed E-state index contributed by atoms with van der Waals surface area (Å²) in [6.07, 6.45) is 3.99. The predicted octanol–water partition coefficient (Wildman–Crippen LogP) is 3.62. The SMILES string of the molecule is CN=C(NC1CCCC(C(F)(F)F)C1)NC1C2CCOC2C12CCCC2. The normalized spacial score (nSPS) is 39.5. The van der Waals surface area contributed by atoms with Crippen molar-refractivity contribution in [3.8, 4) is 0 Å². The van der Waals surface area contributed by atoms with Crippen LogP contribution in [0.4, 0.5) is 13.2 Å². The van der Waals surface area contributed by atoms with Crippen LogP contribution in [0.3, 0.4) is 0 Å². The van der Waals surface area contributed by atoms with Crippen LogP contribution in [0.2, 0.25) is 0 Å². The fourth-order valence-electron chi connectivity index (χ4n) is 6.03. The molecule has 26 heavy (non-hydrogen) atoms. The Hall–Kier alpha value is -0.980. The number of nitrogens with one attached hydrogen (secondary N) is 2. The van der Waals surface area contributed by atoms with E-state index in [1.807, 2.05) is 0 Å². The van der Waals surface area contributed by atoms with Gasteiger partial charge in [0, 0.05) is 37.1 Å². The number of guanidine groups is 1. The molecule has 0 bridgehead atoms. The highest BCUT2D eigenvalue weighted by molar-refractivity contribution is 5.80. The molecule has 3 saturated carbocycles. The fourth-order valence-corrected chi connectivity index (χ4v) is 6.03. The Balaban J connectivity index is 1.39. The largest absolute Gasteiger partial charge is 0.391 e. The molecule has 1 spiro atoms. The van der Waals surface area contributed by atoms with Gasteiger partial charge in [0.25, 0.3) is 0 Å². The van der Waals surface area contributed by atoms with Crippen molar-refractivity contribution in [2.24, 2.45) is 22.2 Å². The summed E-state index contributed by atoms with van der Waals surface area (Å²) in [6.45, 7) is 0.831. The van der Waals surface area contributed by atoms with Crippen molar-refractivity contribution in [1.29, 1.82) is 0 Å². The summed E-state index contributed by atoms with van der Waals surface area (Å²) in [7, 11) is 1.71. The van der Waals surface area contributed by atoms with E-state index in [9.17, 15) is 13.2 Å². The second-order valence-corrected chi connectivity index (χ2v) is 8.62. The van der Waals surface area contributed by atoms with E-state index in [0.29, 0.717) is 30.4 Å². The molecule has 4 nitrogen and oxygen atoms in total. The van der Waals surface area contributed by atoms with E-state index in [1.165, 1.54) is 25.7 Å². The summed E-state index contributed by atoms with van der Waals surface area (Å²) >= 11 is 0. The molecule has 4 aliphatic rings. The Bertz CT molecular complexity index is 545. The zero-order valence-electron chi connectivity index (χ0n) is 15.4. The summed E-state index contributed by atoms with van der Waals surface area (Å²) in [4.78, 5) is 4.33. The van der Waals surface area contributed by atoms with Gasteiger partial charge in [-0.15, -0.1) is 0 Å². The lowest BCUT2D eigenvalue weighted by Crippen LogP contribution is -2.69. The number of rotatable bonds is 2. The highest BCUT2D eigenvalue weighted by Gasteiger charge is 2.65. The van der Waals surface area contributed by atoms with Crippen molar-refractivity contribution in [1.82, 2.24) is 10.6 Å². The van der Waals surface area contributed by atoms with E-state index in [4.69, 9.17) is 4.74 Å². The summed E-state index contributed by atoms with van der Waals surface area (Å²) in [5, 5.41) is 6.88. The number of nitrogens with zero attached hydrogens (tertiary/aromatic N) is 1. The molecular formula is C19H30F3N3O. The van der Waals surface area contributed by atoms with Crippen molar-refractivity contribution in [3.05, 3.63) is 0 Å². The lowest BCUT2D eigenvalue weighted by molar-refractivity contribution is -0.183. The molecule has 1 saturated heterocycles. The van der Waals surface area contributed by atoms with E-state index >= 15 is 0 Å². The minimum Gasteiger partial charge on any atom is -0.377 e. The molecule has 0 aromatic rings. The van der Waals surface area contributed by atoms with Gasteiger partial charge in [0.05, 0.1) is 12.0 Å². The topological polar surface area (TPSA) is 45.7 Å². The molecule has 5 unspecified atom stereocenters. The number of fused-ring (bicyclic) bond motifs is 2. The van der Waals surface area contributed by atoms with E-state index in [-0.39, 0.29) is 24.3 Å². The van der Waals surface area contributed by atoms with Crippen molar-refractivity contribution >= 4 is 5.96 Å². The zero-order chi connectivity index (χ0) is 18.4. The van der Waals surface area contributed by atoms with Crippen LogP contribution in [0, 0.1) is 17.3 Å². The maximum Gasteiger partial charge on any atom is 0.391 e. The second-order valence-electron chi connectivity index (χ2n) is 8.62. The third kappa shape index (κ3) is 3.10. The smallest absolute Gasteiger partial charge is 0.377 e. The first-order valence-corrected chi connectivity index (χ1v) is 10.1. The van der Waals surface area contributed by atoms with Crippen LogP contribution in [-0.4, -0.2) is 44.0 Å². The maximum absolute atomic E-state index is 13.1. The Kier molecular flexibility index (Phi) is 4.86. The highest BCUT2D eigenvalue weighted by atomic mass is 19.4. The van der Waals surface area contributed by atoms with E-state index < -0.39 is 12.1 Å². The van der Waals surface area contributed by atoms with Gasteiger partial charge in [0.1, 0.15) is 0 Å². The van der Waals surface area contributed by atoms with E-state index in [2.05, 4.69) is 15.6 Å². The van der Waals surface area contributed by atoms with Crippen LogP contribution < -0.4 is 10.6 Å². The van der Waals surface area contributed by atoms with E-state index in [1.54, 1.807) is 7.05 Å². The quantitative estimate of drug-likeness (QED) is 0.574. The molecule has 148 valence electrons. The lowest BCUT2D eigenvalue weighted by atomic mass is 9.54. The van der Waals surface area contributed by atoms with Crippen LogP contribution in [0.1, 0.15) is 57.8 Å². The minimum absolute atomic E-state index is 0.148. The van der Waals surface area contributed by atoms with Crippen LogP contribution in [0.5, 0.6) is 0 Å². The minimum atomic E-state index is -4.09. The number of halogens is 3. The van der Waals surface area contributed by atoms with Crippen LogP contribution in [0.15, 0.2) is 4.99 Å². The van der Waals surface area contributed by atoms with E-state index in [0.717, 1.165) is 19.4 Å². The van der Waals surface area contributed by atoms with Gasteiger partial charge < -0.3 is 15.4 Å². The van der Waals surface area contributed by atoms with Gasteiger partial charge in [-0.3, -0.25) is 4.99 Å². The summed E-state index contributed by atoms with van der Waals surface area (Å²) in [5.41, 5.74) is 0.208. The first-order chi connectivity index (χ1) is 12.4. The summed E-state index contributed by atoms with van der Waals surface area (Å²) < 4.78 is 45.2. The molecule has 7 heteroatoms. The number of hydrogen-bond acceptors (Lipinski definition) is 2. The van der Waals surface area contributed by atoms with Gasteiger partial charge in [-0.25, -0.2) is 0 Å². The molecule has 4 fully saturated rings. The van der Waals surface area contributed by atoms with Crippen molar-refractivity contribution < 1.29 is 17.9 Å². The van der Waals surface area contributed by atoms with Gasteiger partial charge in [0.2, 0.25) is 0 Å². The number of hydrogen-bond donors (Lipinski definition) is 2. The molecule has 0 amide bonds. The average Bonchev–Trinajstić information content (AvgIpc) is 3.26. The second kappa shape index (κ2) is 6.88. The van der Waals surface area contributed by atoms with Gasteiger partial charge in [0.15, 0.2) is 5.96 Å². The molecule has 1 heterocycles. The van der Waals surface area contributed by atoms with Gasteiger partial charge in [-0.1, -0.05) is 19.3 Å². The molecule has 0 aromatic carbocycles. The Labute approximate surface area is 153 Å². The van der Waals surface area contributed by atoms with Gasteiger partial charge >= 0.3 is 6.18 Å². The monoisotopic (exact) mass is 373 g/mol. The van der Waals surface area contributed by atoms with Crippen molar-refractivity contribution in [2.45, 2.75) is 82.2 Å². The van der Waals surface area contributed by atoms with Crippen molar-refractivity contribution in [2.75, 3.05) is 13.7 Å². The molecule has 3 aliphatic carbocycles. The molecular weight excluding hydrogens is 343 g/mol. The first-order valence-electron chi connectivity index (χ1n) is 10.1. The van der Waals surface area contributed by atoms with Crippen LogP contribution in [0.25, 0.3) is 0 Å². The maximum atomic E-state index is 13.1. The third-order valence-electron chi connectivity index (χ3n) is 7.28. The van der Waals surface area contributed by atoms with Crippen molar-refractivity contribution in [3.63, 3.8) is 0 Å². The summed E-state index contributed by atoms with van der Waals surface area (Å²) in [6, 6.07) is 0.183. The summed E-state index contributed by atoms with van der Waals surface area (Å²) in [5.74, 6) is -0.00951. The fraction of sp³-hybridized carbons (Fsp3) is 0.947. The third-order valence-corrected chi connectivity index (χ3v) is 7.28. The highest BCUT2D eigenvalue weighted by Crippen LogP contribution is 2.60. The average molecular weight is 373 g/mol. The number of ether oxygens (including phenoxy) is 1. The Morgan fingerprint density at radius 3 is 2.54 bits per heavy atom. The van der Waals surface area contributed by atoms with Crippen LogP contribution >= 0.6 is 0 Å². The lowest BCUT2D eigenvalue weighted by Gasteiger charge is -2.57. The molecule has 0 aromatic heterocycles. The standard InChI is InChI=1S/C19H30F3N3O/c1-23-17(24-13-6-4-5-12(11-13)19(20,21)22)25-15-14-7-10-26-16(14)18(15)8-2-3-9-18/h12-16H,2-11H2,1H3,(H2,23,24,25). The van der Waals surface area contributed by atoms with Gasteiger partial charge in [-0.2, -0.15) is 13.2 Å². The first kappa shape index (κ1) is 18.4. The van der Waals surface area contributed by atoms with Crippen LogP contribution in [-0.2, 0) is 4.74 Å². The molecule has 4 rings (SSSR count). The molecule has 1 aliphatic heterocycles. The molecule has 2 N–H and O–H groups in total. The number of aliphatic imine (C=N–C) groups is 1. The predicted molar refractivity (Wildman–Crippen MR) is 94.0 cm³/mol. The molecule has 5 atom stereocenters. The molecule has 0 radical (unpaired) electrons. The number of alkyl halides is 3.